The van der Waals surface area contributed by atoms with Crippen molar-refractivity contribution in [3.8, 4) is 5.75 Å². The zero-order valence-electron chi connectivity index (χ0n) is 7.80. The monoisotopic (exact) mass is 338 g/mol. The Morgan fingerprint density at radius 2 is 2.20 bits per heavy atom. The fourth-order valence-corrected chi connectivity index (χ4v) is 1.68. The molecule has 0 fully saturated rings. The van der Waals surface area contributed by atoms with Crippen LogP contribution in [0.3, 0.4) is 0 Å². The lowest BCUT2D eigenvalue weighted by Crippen LogP contribution is -2.04. The minimum atomic E-state index is -0.868. The van der Waals surface area contributed by atoms with E-state index in [0.29, 0.717) is 17.5 Å². The molecule has 0 spiro atoms. The van der Waals surface area contributed by atoms with E-state index in [-0.39, 0.29) is 5.78 Å². The van der Waals surface area contributed by atoms with Gasteiger partial charge in [-0.1, -0.05) is 31.9 Å². The number of carbonyl (C=O) groups excluding carboxylic acids is 1. The summed E-state index contributed by atoms with van der Waals surface area (Å²) in [7, 11) is 0. The Labute approximate surface area is 104 Å². The van der Waals surface area contributed by atoms with E-state index in [1.807, 2.05) is 0 Å². The van der Waals surface area contributed by atoms with E-state index in [1.165, 1.54) is 0 Å². The van der Waals surface area contributed by atoms with Crippen LogP contribution in [0.4, 0.5) is 4.39 Å². The molecular formula is C10H9Br2FO2. The van der Waals surface area contributed by atoms with E-state index in [9.17, 15) is 9.18 Å². The van der Waals surface area contributed by atoms with Crippen LogP contribution in [0.5, 0.6) is 5.75 Å². The van der Waals surface area contributed by atoms with Gasteiger partial charge in [-0.25, -0.2) is 4.39 Å². The standard InChI is InChI=1S/C10H9Br2FO2/c11-5-8(14)3-7-4-9(15-6-13)1-2-10(7)12/h1-2,4H,3,5-6H2. The Hall–Kier alpha value is -0.420. The van der Waals surface area contributed by atoms with Crippen LogP contribution in [0.15, 0.2) is 22.7 Å². The second-order valence-electron chi connectivity index (χ2n) is 2.86. The van der Waals surface area contributed by atoms with Gasteiger partial charge in [-0.05, 0) is 23.8 Å². The lowest BCUT2D eigenvalue weighted by Gasteiger charge is -2.06. The summed E-state index contributed by atoms with van der Waals surface area (Å²) in [5.41, 5.74) is 0.797. The molecular weight excluding hydrogens is 331 g/mol. The van der Waals surface area contributed by atoms with Gasteiger partial charge in [-0.2, -0.15) is 0 Å². The first kappa shape index (κ1) is 12.6. The van der Waals surface area contributed by atoms with Crippen molar-refractivity contribution in [2.45, 2.75) is 6.42 Å². The van der Waals surface area contributed by atoms with Crippen molar-refractivity contribution in [3.63, 3.8) is 0 Å². The van der Waals surface area contributed by atoms with Crippen molar-refractivity contribution < 1.29 is 13.9 Å². The normalized spacial score (nSPS) is 10.1. The number of Topliss-reactive ketones (excluding diaryl/α,β-unsaturated/α-hetero) is 1. The third kappa shape index (κ3) is 3.91. The van der Waals surface area contributed by atoms with Crippen molar-refractivity contribution in [2.75, 3.05) is 12.2 Å². The van der Waals surface area contributed by atoms with Crippen molar-refractivity contribution in [2.24, 2.45) is 0 Å². The summed E-state index contributed by atoms with van der Waals surface area (Å²) < 4.78 is 17.5. The van der Waals surface area contributed by atoms with Crippen molar-refractivity contribution in [1.29, 1.82) is 0 Å². The largest absolute Gasteiger partial charge is 0.463 e. The Morgan fingerprint density at radius 1 is 1.47 bits per heavy atom. The highest BCUT2D eigenvalue weighted by atomic mass is 79.9. The molecule has 0 unspecified atom stereocenters. The number of halogens is 3. The van der Waals surface area contributed by atoms with Crippen LogP contribution in [0.25, 0.3) is 0 Å². The number of ketones is 1. The number of hydrogen-bond donors (Lipinski definition) is 0. The van der Waals surface area contributed by atoms with Crippen LogP contribution >= 0.6 is 31.9 Å². The lowest BCUT2D eigenvalue weighted by molar-refractivity contribution is -0.115. The second kappa shape index (κ2) is 6.23. The van der Waals surface area contributed by atoms with Crippen LogP contribution < -0.4 is 4.74 Å². The molecule has 0 atom stereocenters. The highest BCUT2D eigenvalue weighted by molar-refractivity contribution is 9.10. The molecule has 5 heteroatoms. The molecule has 0 heterocycles. The van der Waals surface area contributed by atoms with Gasteiger partial charge in [0.1, 0.15) is 11.5 Å². The maximum absolute atomic E-state index is 11.9. The summed E-state index contributed by atoms with van der Waals surface area (Å²) >= 11 is 6.41. The number of hydrogen-bond acceptors (Lipinski definition) is 2. The molecule has 0 amide bonds. The highest BCUT2D eigenvalue weighted by Gasteiger charge is 2.07. The van der Waals surface area contributed by atoms with Crippen LogP contribution in [0.2, 0.25) is 0 Å². The van der Waals surface area contributed by atoms with Gasteiger partial charge in [-0.3, -0.25) is 4.79 Å². The summed E-state index contributed by atoms with van der Waals surface area (Å²) in [5, 5.41) is 0.313. The first-order valence-electron chi connectivity index (χ1n) is 4.22. The van der Waals surface area contributed by atoms with Gasteiger partial charge >= 0.3 is 0 Å². The summed E-state index contributed by atoms with van der Waals surface area (Å²) in [6, 6.07) is 5.04. The van der Waals surface area contributed by atoms with Crippen molar-refractivity contribution >= 4 is 37.6 Å². The van der Waals surface area contributed by atoms with Crippen LogP contribution in [-0.2, 0) is 11.2 Å². The molecule has 15 heavy (non-hydrogen) atoms. The van der Waals surface area contributed by atoms with E-state index in [4.69, 9.17) is 4.74 Å². The number of ether oxygens (including phenoxy) is 1. The van der Waals surface area contributed by atoms with Gasteiger partial charge in [-0.15, -0.1) is 0 Å². The molecule has 0 aromatic heterocycles. The third-order valence-corrected chi connectivity index (χ3v) is 3.17. The number of alkyl halides is 2. The topological polar surface area (TPSA) is 26.3 Å². The molecule has 1 aromatic carbocycles. The predicted molar refractivity (Wildman–Crippen MR) is 63.3 cm³/mol. The van der Waals surface area contributed by atoms with E-state index < -0.39 is 6.86 Å². The maximum Gasteiger partial charge on any atom is 0.228 e. The summed E-state index contributed by atoms with van der Waals surface area (Å²) in [6.07, 6.45) is 0.301. The van der Waals surface area contributed by atoms with Crippen molar-refractivity contribution in [3.05, 3.63) is 28.2 Å². The molecule has 1 aromatic rings. The van der Waals surface area contributed by atoms with Crippen LogP contribution in [0.1, 0.15) is 5.56 Å². The zero-order chi connectivity index (χ0) is 11.3. The van der Waals surface area contributed by atoms with Gasteiger partial charge < -0.3 is 4.74 Å². The fourth-order valence-electron chi connectivity index (χ4n) is 1.10. The maximum atomic E-state index is 11.9. The molecule has 82 valence electrons. The van der Waals surface area contributed by atoms with Crippen LogP contribution in [0, 0.1) is 0 Å². The van der Waals surface area contributed by atoms with E-state index >= 15 is 0 Å². The molecule has 0 N–H and O–H groups in total. The molecule has 0 radical (unpaired) electrons. The minimum Gasteiger partial charge on any atom is -0.463 e. The van der Waals surface area contributed by atoms with E-state index in [0.717, 1.165) is 10.0 Å². The summed E-state index contributed by atoms with van der Waals surface area (Å²) in [4.78, 5) is 11.2. The van der Waals surface area contributed by atoms with Gasteiger partial charge in [0.05, 0.1) is 5.33 Å². The Bertz CT molecular complexity index is 355. The SMILES string of the molecule is O=C(CBr)Cc1cc(OCF)ccc1Br. The van der Waals surface area contributed by atoms with E-state index in [1.54, 1.807) is 18.2 Å². The molecule has 1 rings (SSSR count). The molecule has 2 nitrogen and oxygen atoms in total. The van der Waals surface area contributed by atoms with Gasteiger partial charge in [0.25, 0.3) is 0 Å². The molecule has 0 aliphatic carbocycles. The first-order chi connectivity index (χ1) is 7.17. The van der Waals surface area contributed by atoms with Gasteiger partial charge in [0, 0.05) is 10.9 Å². The molecule has 0 aliphatic heterocycles. The van der Waals surface area contributed by atoms with Gasteiger partial charge in [0.2, 0.25) is 6.86 Å². The Balaban J connectivity index is 2.85. The molecule has 0 saturated heterocycles. The van der Waals surface area contributed by atoms with Gasteiger partial charge in [0.15, 0.2) is 0 Å². The lowest BCUT2D eigenvalue weighted by atomic mass is 10.1. The quantitative estimate of drug-likeness (QED) is 0.770. The Morgan fingerprint density at radius 3 is 2.80 bits per heavy atom. The zero-order valence-corrected chi connectivity index (χ0v) is 11.0. The highest BCUT2D eigenvalue weighted by Crippen LogP contribution is 2.23. The Kier molecular flexibility index (Phi) is 5.25. The fraction of sp³-hybridized carbons (Fsp3) is 0.300. The minimum absolute atomic E-state index is 0.0631. The summed E-state index contributed by atoms with van der Waals surface area (Å²) in [5.74, 6) is 0.492. The van der Waals surface area contributed by atoms with Crippen molar-refractivity contribution in [1.82, 2.24) is 0 Å². The molecule has 0 bridgehead atoms. The van der Waals surface area contributed by atoms with E-state index in [2.05, 4.69) is 31.9 Å². The number of carbonyl (C=O) groups is 1. The predicted octanol–water partition coefficient (Wildman–Crippen LogP) is 3.26. The number of benzene rings is 1. The average Bonchev–Trinajstić information content (AvgIpc) is 2.23. The van der Waals surface area contributed by atoms with Crippen LogP contribution in [-0.4, -0.2) is 18.0 Å². The second-order valence-corrected chi connectivity index (χ2v) is 4.27. The average molecular weight is 340 g/mol. The molecule has 0 aliphatic rings. The molecule has 0 saturated carbocycles. The number of rotatable bonds is 5. The summed E-state index contributed by atoms with van der Waals surface area (Å²) in [6.45, 7) is -0.868. The smallest absolute Gasteiger partial charge is 0.228 e. The third-order valence-electron chi connectivity index (χ3n) is 1.78. The first-order valence-corrected chi connectivity index (χ1v) is 6.13.